The molecule has 0 bridgehead atoms. The number of carboxylic acid groups (broad SMARTS) is 1. The fraction of sp³-hybridized carbons (Fsp3) is 0.300. The number of aliphatic hydroxyl groups is 1. The van der Waals surface area contributed by atoms with Gasteiger partial charge in [-0.1, -0.05) is 17.7 Å². The molecule has 0 amide bonds. The van der Waals surface area contributed by atoms with E-state index in [0.717, 1.165) is 0 Å². The number of hydrogen-bond acceptors (Lipinski definition) is 3. The predicted molar refractivity (Wildman–Crippen MR) is 62.6 cm³/mol. The predicted octanol–water partition coefficient (Wildman–Crippen LogP) is 2.24. The van der Waals surface area contributed by atoms with E-state index in [9.17, 15) is 4.79 Å². The van der Waals surface area contributed by atoms with Gasteiger partial charge in [0.2, 0.25) is 0 Å². The van der Waals surface area contributed by atoms with Crippen molar-refractivity contribution in [1.29, 1.82) is 0 Å². The highest BCUT2D eigenvalue weighted by Gasteiger charge is 2.20. The van der Waals surface area contributed by atoms with E-state index in [1.165, 1.54) is 6.07 Å². The number of ether oxygens (including phenoxy) is 1. The molecular formula is C10H10BrClO4. The second-order valence-corrected chi connectivity index (χ2v) is 4.25. The fourth-order valence-electron chi connectivity index (χ4n) is 1.16. The molecule has 1 unspecified atom stereocenters. The van der Waals surface area contributed by atoms with Gasteiger partial charge in [-0.25, -0.2) is 4.79 Å². The monoisotopic (exact) mass is 308 g/mol. The van der Waals surface area contributed by atoms with Crippen LogP contribution in [0.3, 0.4) is 0 Å². The van der Waals surface area contributed by atoms with Gasteiger partial charge in [0.25, 0.3) is 0 Å². The zero-order valence-electron chi connectivity index (χ0n) is 8.19. The fourth-order valence-corrected chi connectivity index (χ4v) is 1.59. The number of aliphatic hydroxyl groups excluding tert-OH is 1. The van der Waals surface area contributed by atoms with Crippen LogP contribution < -0.4 is 0 Å². The first-order valence-corrected chi connectivity index (χ1v) is 5.63. The lowest BCUT2D eigenvalue weighted by molar-refractivity contribution is -0.151. The smallest absolute Gasteiger partial charge is 0.337 e. The molecule has 0 aliphatic rings. The molecular weight excluding hydrogens is 299 g/mol. The van der Waals surface area contributed by atoms with Crippen molar-refractivity contribution in [1.82, 2.24) is 0 Å². The van der Waals surface area contributed by atoms with E-state index in [1.54, 1.807) is 12.1 Å². The summed E-state index contributed by atoms with van der Waals surface area (Å²) in [4.78, 5) is 10.9. The van der Waals surface area contributed by atoms with Crippen molar-refractivity contribution in [3.63, 3.8) is 0 Å². The van der Waals surface area contributed by atoms with Crippen LogP contribution in [0, 0.1) is 0 Å². The molecule has 0 aliphatic carbocycles. The molecule has 2 N–H and O–H groups in total. The Labute approximate surface area is 106 Å². The van der Waals surface area contributed by atoms with Gasteiger partial charge in [0.05, 0.1) is 18.2 Å². The molecule has 0 radical (unpaired) electrons. The average molecular weight is 310 g/mol. The highest BCUT2D eigenvalue weighted by molar-refractivity contribution is 9.10. The first-order chi connectivity index (χ1) is 7.56. The molecule has 1 aromatic rings. The van der Waals surface area contributed by atoms with E-state index in [1.807, 2.05) is 0 Å². The van der Waals surface area contributed by atoms with Gasteiger partial charge in [-0.05, 0) is 33.6 Å². The first kappa shape index (κ1) is 13.4. The molecule has 0 heterocycles. The van der Waals surface area contributed by atoms with Crippen molar-refractivity contribution >= 4 is 33.5 Å². The summed E-state index contributed by atoms with van der Waals surface area (Å²) in [6.07, 6.45) is -1.11. The Kier molecular flexibility index (Phi) is 5.21. The number of hydrogen-bond donors (Lipinski definition) is 2. The third-order valence-corrected chi connectivity index (χ3v) is 3.08. The molecule has 0 saturated carbocycles. The van der Waals surface area contributed by atoms with Crippen molar-refractivity contribution in [2.24, 2.45) is 0 Å². The number of halogens is 2. The van der Waals surface area contributed by atoms with Gasteiger partial charge in [0, 0.05) is 4.47 Å². The zero-order chi connectivity index (χ0) is 12.1. The van der Waals surface area contributed by atoms with Crippen LogP contribution in [0.5, 0.6) is 0 Å². The van der Waals surface area contributed by atoms with Crippen LogP contribution in [0.4, 0.5) is 0 Å². The lowest BCUT2D eigenvalue weighted by Gasteiger charge is -2.13. The largest absolute Gasteiger partial charge is 0.479 e. The summed E-state index contributed by atoms with van der Waals surface area (Å²) in [7, 11) is 0. The Hall–Kier alpha value is -0.620. The van der Waals surface area contributed by atoms with Crippen LogP contribution in [0.25, 0.3) is 0 Å². The molecule has 16 heavy (non-hydrogen) atoms. The van der Waals surface area contributed by atoms with Gasteiger partial charge in [-0.15, -0.1) is 0 Å². The molecule has 4 nitrogen and oxygen atoms in total. The highest BCUT2D eigenvalue weighted by atomic mass is 79.9. The van der Waals surface area contributed by atoms with Crippen molar-refractivity contribution in [3.05, 3.63) is 33.3 Å². The lowest BCUT2D eigenvalue weighted by atomic mass is 10.1. The zero-order valence-corrected chi connectivity index (χ0v) is 10.5. The summed E-state index contributed by atoms with van der Waals surface area (Å²) in [6, 6.07) is 4.77. The normalized spacial score (nSPS) is 12.4. The summed E-state index contributed by atoms with van der Waals surface area (Å²) in [5, 5.41) is 18.0. The molecule has 1 aromatic carbocycles. The van der Waals surface area contributed by atoms with Gasteiger partial charge in [-0.2, -0.15) is 0 Å². The third-order valence-electron chi connectivity index (χ3n) is 1.85. The molecule has 0 aliphatic heterocycles. The standard InChI is InChI=1S/C10H10BrClO4/c11-7-2-1-6(5-8(7)12)9(10(14)15)16-4-3-13/h1-2,5,9,13H,3-4H2,(H,14,15). The maximum absolute atomic E-state index is 10.9. The minimum atomic E-state index is -1.12. The maximum atomic E-state index is 10.9. The number of benzene rings is 1. The summed E-state index contributed by atoms with van der Waals surface area (Å²) in [5.41, 5.74) is 0.439. The lowest BCUT2D eigenvalue weighted by Crippen LogP contribution is -2.17. The van der Waals surface area contributed by atoms with E-state index < -0.39 is 12.1 Å². The second kappa shape index (κ2) is 6.20. The number of rotatable bonds is 5. The molecule has 0 fully saturated rings. The van der Waals surface area contributed by atoms with Crippen molar-refractivity contribution in [3.8, 4) is 0 Å². The topological polar surface area (TPSA) is 66.8 Å². The van der Waals surface area contributed by atoms with E-state index in [-0.39, 0.29) is 13.2 Å². The SMILES string of the molecule is O=C(O)C(OCCO)c1ccc(Br)c(Cl)c1. The van der Waals surface area contributed by atoms with E-state index in [4.69, 9.17) is 26.6 Å². The molecule has 1 atom stereocenters. The van der Waals surface area contributed by atoms with Crippen molar-refractivity contribution < 1.29 is 19.7 Å². The van der Waals surface area contributed by atoms with Crippen LogP contribution in [-0.2, 0) is 9.53 Å². The number of carbonyl (C=O) groups is 1. The van der Waals surface area contributed by atoms with Crippen molar-refractivity contribution in [2.45, 2.75) is 6.10 Å². The third kappa shape index (κ3) is 3.45. The van der Waals surface area contributed by atoms with Gasteiger partial charge < -0.3 is 14.9 Å². The minimum absolute atomic E-state index is 0.0371. The van der Waals surface area contributed by atoms with Crippen molar-refractivity contribution in [2.75, 3.05) is 13.2 Å². The Balaban J connectivity index is 2.92. The molecule has 6 heteroatoms. The second-order valence-electron chi connectivity index (χ2n) is 2.99. The molecule has 1 rings (SSSR count). The van der Waals surface area contributed by atoms with Crippen LogP contribution in [-0.4, -0.2) is 29.4 Å². The summed E-state index contributed by atoms with van der Waals surface area (Å²) >= 11 is 9.06. The Bertz CT molecular complexity index is 383. The summed E-state index contributed by atoms with van der Waals surface area (Å²) in [5.74, 6) is -1.12. The molecule has 0 aromatic heterocycles. The maximum Gasteiger partial charge on any atom is 0.337 e. The van der Waals surface area contributed by atoms with Gasteiger partial charge in [0.1, 0.15) is 0 Å². The van der Waals surface area contributed by atoms with Gasteiger partial charge >= 0.3 is 5.97 Å². The van der Waals surface area contributed by atoms with E-state index in [2.05, 4.69) is 15.9 Å². The Morgan fingerprint density at radius 3 is 2.75 bits per heavy atom. The Morgan fingerprint density at radius 2 is 2.25 bits per heavy atom. The number of aliphatic carboxylic acids is 1. The summed E-state index contributed by atoms with van der Waals surface area (Å²) in [6.45, 7) is -0.265. The van der Waals surface area contributed by atoms with E-state index in [0.29, 0.717) is 15.1 Å². The minimum Gasteiger partial charge on any atom is -0.479 e. The van der Waals surface area contributed by atoms with Gasteiger partial charge in [-0.3, -0.25) is 0 Å². The number of carboxylic acids is 1. The van der Waals surface area contributed by atoms with Gasteiger partial charge in [0.15, 0.2) is 6.10 Å². The van der Waals surface area contributed by atoms with Crippen LogP contribution in [0.15, 0.2) is 22.7 Å². The quantitative estimate of drug-likeness (QED) is 0.875. The molecule has 88 valence electrons. The summed E-state index contributed by atoms with van der Waals surface area (Å²) < 4.78 is 5.69. The molecule has 0 spiro atoms. The first-order valence-electron chi connectivity index (χ1n) is 4.46. The molecule has 0 saturated heterocycles. The highest BCUT2D eigenvalue weighted by Crippen LogP contribution is 2.27. The van der Waals surface area contributed by atoms with E-state index >= 15 is 0 Å². The van der Waals surface area contributed by atoms with Crippen LogP contribution in [0.2, 0.25) is 5.02 Å². The van der Waals surface area contributed by atoms with Crippen LogP contribution in [0.1, 0.15) is 11.7 Å². The van der Waals surface area contributed by atoms with Crippen LogP contribution >= 0.6 is 27.5 Å². The Morgan fingerprint density at radius 1 is 1.56 bits per heavy atom. The average Bonchev–Trinajstić information content (AvgIpc) is 2.23.